The largest absolute Gasteiger partial charge is 0.496 e. The second-order valence-corrected chi connectivity index (χ2v) is 6.64. The molecule has 4 atom stereocenters. The van der Waals surface area contributed by atoms with Crippen LogP contribution in [0.4, 0.5) is 0 Å². The topological polar surface area (TPSA) is 38.5 Å². The zero-order valence-corrected chi connectivity index (χ0v) is 13.9. The summed E-state index contributed by atoms with van der Waals surface area (Å²) in [7, 11) is 3.96. The van der Waals surface area contributed by atoms with E-state index in [-0.39, 0.29) is 12.1 Å². The summed E-state index contributed by atoms with van der Waals surface area (Å²) in [4.78, 5) is 2.48. The van der Waals surface area contributed by atoms with Crippen LogP contribution in [0.15, 0.2) is 24.3 Å². The Morgan fingerprint density at radius 1 is 1.29 bits per heavy atom. The van der Waals surface area contributed by atoms with Crippen LogP contribution in [0.25, 0.3) is 0 Å². The third-order valence-electron chi connectivity index (χ3n) is 4.88. The molecule has 0 aliphatic heterocycles. The molecule has 0 heterocycles. The Balaban J connectivity index is 2.25. The quantitative estimate of drug-likeness (QED) is 0.900. The molecule has 1 fully saturated rings. The van der Waals surface area contributed by atoms with Gasteiger partial charge >= 0.3 is 0 Å². The van der Waals surface area contributed by atoms with Crippen molar-refractivity contribution < 1.29 is 4.74 Å². The Morgan fingerprint density at radius 2 is 2.00 bits per heavy atom. The summed E-state index contributed by atoms with van der Waals surface area (Å²) in [5, 5.41) is 0. The first-order valence-electron chi connectivity index (χ1n) is 8.15. The van der Waals surface area contributed by atoms with Crippen molar-refractivity contribution in [3.63, 3.8) is 0 Å². The molecule has 3 nitrogen and oxygen atoms in total. The lowest BCUT2D eigenvalue weighted by atomic mass is 9.84. The van der Waals surface area contributed by atoms with E-state index < -0.39 is 0 Å². The lowest BCUT2D eigenvalue weighted by molar-refractivity contribution is 0.105. The highest BCUT2D eigenvalue weighted by Crippen LogP contribution is 2.35. The van der Waals surface area contributed by atoms with Crippen molar-refractivity contribution in [3.05, 3.63) is 29.8 Å². The molecule has 1 aliphatic rings. The molecule has 2 N–H and O–H groups in total. The molecule has 0 aromatic heterocycles. The standard InChI is InChI=1S/C18H30N2O/c1-13-8-7-9-15(12-13)20(3)18(14(2)19)16-10-5-6-11-17(16)21-4/h5-6,10-11,13-15,18H,7-9,12,19H2,1-4H3. The molecule has 1 saturated carbocycles. The maximum atomic E-state index is 6.34. The van der Waals surface area contributed by atoms with E-state index in [0.717, 1.165) is 11.7 Å². The summed E-state index contributed by atoms with van der Waals surface area (Å²) in [5.74, 6) is 1.76. The molecule has 1 aromatic rings. The van der Waals surface area contributed by atoms with E-state index in [9.17, 15) is 0 Å². The van der Waals surface area contributed by atoms with Gasteiger partial charge in [-0.05, 0) is 38.8 Å². The van der Waals surface area contributed by atoms with Crippen molar-refractivity contribution in [3.8, 4) is 5.75 Å². The fraction of sp³-hybridized carbons (Fsp3) is 0.667. The molecule has 0 amide bonds. The Morgan fingerprint density at radius 3 is 2.62 bits per heavy atom. The molecular formula is C18H30N2O. The number of benzene rings is 1. The summed E-state index contributed by atoms with van der Waals surface area (Å²) in [6.07, 6.45) is 5.24. The number of hydrogen-bond acceptors (Lipinski definition) is 3. The van der Waals surface area contributed by atoms with Crippen LogP contribution < -0.4 is 10.5 Å². The van der Waals surface area contributed by atoms with E-state index in [1.165, 1.54) is 31.2 Å². The molecule has 0 radical (unpaired) electrons. The maximum absolute atomic E-state index is 6.34. The molecule has 1 aliphatic carbocycles. The molecule has 0 spiro atoms. The van der Waals surface area contributed by atoms with Crippen molar-refractivity contribution in [1.29, 1.82) is 0 Å². The fourth-order valence-electron chi connectivity index (χ4n) is 3.78. The van der Waals surface area contributed by atoms with Crippen LogP contribution in [0.1, 0.15) is 51.1 Å². The number of likely N-dealkylation sites (N-methyl/N-ethyl adjacent to an activating group) is 1. The zero-order chi connectivity index (χ0) is 15.4. The molecule has 0 saturated heterocycles. The van der Waals surface area contributed by atoms with Crippen LogP contribution in [0.3, 0.4) is 0 Å². The molecule has 118 valence electrons. The fourth-order valence-corrected chi connectivity index (χ4v) is 3.78. The lowest BCUT2D eigenvalue weighted by Crippen LogP contribution is -2.44. The molecule has 1 aromatic carbocycles. The first-order chi connectivity index (χ1) is 10.0. The predicted molar refractivity (Wildman–Crippen MR) is 88.6 cm³/mol. The number of methoxy groups -OCH3 is 1. The van der Waals surface area contributed by atoms with Gasteiger partial charge in [0.2, 0.25) is 0 Å². The van der Waals surface area contributed by atoms with Crippen molar-refractivity contribution in [2.75, 3.05) is 14.2 Å². The van der Waals surface area contributed by atoms with E-state index >= 15 is 0 Å². The van der Waals surface area contributed by atoms with Gasteiger partial charge in [0.05, 0.1) is 13.2 Å². The molecule has 2 rings (SSSR count). The van der Waals surface area contributed by atoms with Gasteiger partial charge in [-0.3, -0.25) is 4.90 Å². The molecular weight excluding hydrogens is 260 g/mol. The number of nitrogens with zero attached hydrogens (tertiary/aromatic N) is 1. The van der Waals surface area contributed by atoms with Crippen LogP contribution >= 0.6 is 0 Å². The Hall–Kier alpha value is -1.06. The van der Waals surface area contributed by atoms with E-state index in [1.54, 1.807) is 7.11 Å². The van der Waals surface area contributed by atoms with Crippen LogP contribution in [0, 0.1) is 5.92 Å². The minimum Gasteiger partial charge on any atom is -0.496 e. The van der Waals surface area contributed by atoms with E-state index in [2.05, 4.69) is 37.9 Å². The summed E-state index contributed by atoms with van der Waals surface area (Å²) in [6.45, 7) is 4.46. The van der Waals surface area contributed by atoms with Crippen LogP contribution in [-0.2, 0) is 0 Å². The second kappa shape index (κ2) is 7.28. The highest BCUT2D eigenvalue weighted by atomic mass is 16.5. The summed E-state index contributed by atoms with van der Waals surface area (Å²) < 4.78 is 5.55. The Labute approximate surface area is 129 Å². The SMILES string of the molecule is COc1ccccc1C(C(C)N)N(C)C1CCCC(C)C1. The monoisotopic (exact) mass is 290 g/mol. The van der Waals surface area contributed by atoms with Crippen molar-refractivity contribution in [2.24, 2.45) is 11.7 Å². The number of hydrogen-bond donors (Lipinski definition) is 1. The van der Waals surface area contributed by atoms with E-state index in [1.807, 2.05) is 12.1 Å². The molecule has 4 unspecified atom stereocenters. The first-order valence-corrected chi connectivity index (χ1v) is 8.15. The molecule has 0 bridgehead atoms. The van der Waals surface area contributed by atoms with Gasteiger partial charge in [0.25, 0.3) is 0 Å². The van der Waals surface area contributed by atoms with E-state index in [0.29, 0.717) is 6.04 Å². The first kappa shape index (κ1) is 16.3. The minimum atomic E-state index is 0.0727. The third-order valence-corrected chi connectivity index (χ3v) is 4.88. The molecule has 3 heteroatoms. The van der Waals surface area contributed by atoms with Gasteiger partial charge in [-0.1, -0.05) is 38.0 Å². The van der Waals surface area contributed by atoms with Gasteiger partial charge in [0.1, 0.15) is 5.75 Å². The average Bonchev–Trinajstić information content (AvgIpc) is 2.47. The third kappa shape index (κ3) is 3.78. The van der Waals surface area contributed by atoms with Crippen LogP contribution in [0.5, 0.6) is 5.75 Å². The predicted octanol–water partition coefficient (Wildman–Crippen LogP) is 3.59. The highest BCUT2D eigenvalue weighted by molar-refractivity contribution is 5.36. The summed E-state index contributed by atoms with van der Waals surface area (Å²) >= 11 is 0. The van der Waals surface area contributed by atoms with Crippen LogP contribution in [0.2, 0.25) is 0 Å². The average molecular weight is 290 g/mol. The van der Waals surface area contributed by atoms with E-state index in [4.69, 9.17) is 10.5 Å². The summed E-state index contributed by atoms with van der Waals surface area (Å²) in [6, 6.07) is 9.17. The lowest BCUT2D eigenvalue weighted by Gasteiger charge is -2.41. The summed E-state index contributed by atoms with van der Waals surface area (Å²) in [5.41, 5.74) is 7.54. The van der Waals surface area contributed by atoms with Gasteiger partial charge < -0.3 is 10.5 Å². The highest BCUT2D eigenvalue weighted by Gasteiger charge is 2.31. The maximum Gasteiger partial charge on any atom is 0.123 e. The van der Waals surface area contributed by atoms with Crippen LogP contribution in [-0.4, -0.2) is 31.1 Å². The second-order valence-electron chi connectivity index (χ2n) is 6.64. The molecule has 21 heavy (non-hydrogen) atoms. The van der Waals surface area contributed by atoms with Gasteiger partial charge in [-0.25, -0.2) is 0 Å². The number of nitrogens with two attached hydrogens (primary N) is 1. The Kier molecular flexibility index (Phi) is 5.65. The van der Waals surface area contributed by atoms with Crippen molar-refractivity contribution in [2.45, 2.75) is 57.7 Å². The van der Waals surface area contributed by atoms with Gasteiger partial charge in [-0.15, -0.1) is 0 Å². The minimum absolute atomic E-state index is 0.0727. The van der Waals surface area contributed by atoms with Gasteiger partial charge in [0.15, 0.2) is 0 Å². The van der Waals surface area contributed by atoms with Crippen molar-refractivity contribution in [1.82, 2.24) is 4.90 Å². The zero-order valence-electron chi connectivity index (χ0n) is 13.9. The number of rotatable bonds is 5. The smallest absolute Gasteiger partial charge is 0.123 e. The normalized spacial score (nSPS) is 25.6. The van der Waals surface area contributed by atoms with Gasteiger partial charge in [0, 0.05) is 17.6 Å². The number of ether oxygens (including phenoxy) is 1. The number of para-hydroxylation sites is 1. The van der Waals surface area contributed by atoms with Gasteiger partial charge in [-0.2, -0.15) is 0 Å². The van der Waals surface area contributed by atoms with Crippen molar-refractivity contribution >= 4 is 0 Å². The Bertz CT molecular complexity index is 447.